The van der Waals surface area contributed by atoms with Crippen LogP contribution in [0.4, 0.5) is 5.69 Å². The lowest BCUT2D eigenvalue weighted by molar-refractivity contribution is -0.116. The van der Waals surface area contributed by atoms with E-state index in [2.05, 4.69) is 29.6 Å². The SMILES string of the molecule is CSc1ccc(NC(=O)CC(c2ccccc2)c2ccccc2)cc1. The van der Waals surface area contributed by atoms with Gasteiger partial charge in [0.15, 0.2) is 0 Å². The van der Waals surface area contributed by atoms with E-state index in [0.717, 1.165) is 16.8 Å². The number of amides is 1. The monoisotopic (exact) mass is 347 g/mol. The molecule has 1 N–H and O–H groups in total. The smallest absolute Gasteiger partial charge is 0.225 e. The Kier molecular flexibility index (Phi) is 5.91. The topological polar surface area (TPSA) is 29.1 Å². The van der Waals surface area contributed by atoms with Crippen LogP contribution in [0.5, 0.6) is 0 Å². The second kappa shape index (κ2) is 8.54. The number of hydrogen-bond acceptors (Lipinski definition) is 2. The highest BCUT2D eigenvalue weighted by Gasteiger charge is 2.18. The average molecular weight is 347 g/mol. The molecule has 0 aliphatic heterocycles. The summed E-state index contributed by atoms with van der Waals surface area (Å²) in [6, 6.07) is 28.3. The van der Waals surface area contributed by atoms with E-state index >= 15 is 0 Å². The molecule has 0 radical (unpaired) electrons. The van der Waals surface area contributed by atoms with Crippen molar-refractivity contribution in [2.45, 2.75) is 17.2 Å². The van der Waals surface area contributed by atoms with Gasteiger partial charge in [-0.2, -0.15) is 0 Å². The van der Waals surface area contributed by atoms with Gasteiger partial charge >= 0.3 is 0 Å². The number of carbonyl (C=O) groups excluding carboxylic acids is 1. The Bertz CT molecular complexity index is 761. The van der Waals surface area contributed by atoms with Crippen LogP contribution in [0.2, 0.25) is 0 Å². The normalized spacial score (nSPS) is 10.6. The summed E-state index contributed by atoms with van der Waals surface area (Å²) in [5.74, 6) is 0.0717. The number of carbonyl (C=O) groups is 1. The van der Waals surface area contributed by atoms with Gasteiger partial charge in [0.2, 0.25) is 5.91 Å². The number of nitrogens with one attached hydrogen (secondary N) is 1. The van der Waals surface area contributed by atoms with Crippen molar-refractivity contribution in [3.63, 3.8) is 0 Å². The predicted molar refractivity (Wildman–Crippen MR) is 106 cm³/mol. The van der Waals surface area contributed by atoms with Crippen LogP contribution in [0.25, 0.3) is 0 Å². The summed E-state index contributed by atoms with van der Waals surface area (Å²) in [7, 11) is 0. The molecule has 0 saturated carbocycles. The van der Waals surface area contributed by atoms with E-state index in [1.165, 1.54) is 4.90 Å². The summed E-state index contributed by atoms with van der Waals surface area (Å²) < 4.78 is 0. The van der Waals surface area contributed by atoms with Gasteiger partial charge in [-0.1, -0.05) is 60.7 Å². The molecule has 3 aromatic carbocycles. The summed E-state index contributed by atoms with van der Waals surface area (Å²) in [5, 5.41) is 3.02. The molecule has 0 aliphatic rings. The fourth-order valence-electron chi connectivity index (χ4n) is 2.87. The Labute approximate surface area is 153 Å². The van der Waals surface area contributed by atoms with E-state index < -0.39 is 0 Å². The highest BCUT2D eigenvalue weighted by molar-refractivity contribution is 7.98. The quantitative estimate of drug-likeness (QED) is 0.591. The fourth-order valence-corrected chi connectivity index (χ4v) is 3.28. The third-order valence-electron chi connectivity index (χ3n) is 4.17. The molecule has 0 unspecified atom stereocenters. The van der Waals surface area contributed by atoms with Gasteiger partial charge in [0.05, 0.1) is 0 Å². The van der Waals surface area contributed by atoms with Gasteiger partial charge in [-0.25, -0.2) is 0 Å². The van der Waals surface area contributed by atoms with Crippen LogP contribution < -0.4 is 5.32 Å². The first-order valence-electron chi connectivity index (χ1n) is 8.30. The molecule has 3 aromatic rings. The molecule has 3 heteroatoms. The van der Waals surface area contributed by atoms with Gasteiger partial charge in [-0.15, -0.1) is 11.8 Å². The number of anilines is 1. The fraction of sp³-hybridized carbons (Fsp3) is 0.136. The number of thioether (sulfide) groups is 1. The Balaban J connectivity index is 1.76. The molecule has 0 heterocycles. The maximum absolute atomic E-state index is 12.6. The van der Waals surface area contributed by atoms with Crippen molar-refractivity contribution in [3.8, 4) is 0 Å². The summed E-state index contributed by atoms with van der Waals surface area (Å²) in [4.78, 5) is 13.8. The van der Waals surface area contributed by atoms with Crippen molar-refractivity contribution in [2.24, 2.45) is 0 Å². The average Bonchev–Trinajstić information content (AvgIpc) is 2.68. The lowest BCUT2D eigenvalue weighted by atomic mass is 9.88. The van der Waals surface area contributed by atoms with E-state index in [9.17, 15) is 4.79 Å². The summed E-state index contributed by atoms with van der Waals surface area (Å²) in [5.41, 5.74) is 3.14. The highest BCUT2D eigenvalue weighted by atomic mass is 32.2. The Morgan fingerprint density at radius 1 is 0.840 bits per heavy atom. The standard InChI is InChI=1S/C22H21NOS/c1-25-20-14-12-19(13-15-20)23-22(24)16-21(17-8-4-2-5-9-17)18-10-6-3-7-11-18/h2-15,21H,16H2,1H3,(H,23,24). The van der Waals surface area contributed by atoms with E-state index in [4.69, 9.17) is 0 Å². The molecule has 0 bridgehead atoms. The van der Waals surface area contributed by atoms with Gasteiger partial charge in [0.1, 0.15) is 0 Å². The molecule has 3 rings (SSSR count). The molecular weight excluding hydrogens is 326 g/mol. The van der Waals surface area contributed by atoms with Crippen LogP contribution in [-0.2, 0) is 4.79 Å². The van der Waals surface area contributed by atoms with Crippen LogP contribution in [0, 0.1) is 0 Å². The maximum atomic E-state index is 12.6. The summed E-state index contributed by atoms with van der Waals surface area (Å²) in [6.45, 7) is 0. The van der Waals surface area contributed by atoms with Crippen LogP contribution in [0.15, 0.2) is 89.8 Å². The van der Waals surface area contributed by atoms with Gasteiger partial charge < -0.3 is 5.32 Å². The largest absolute Gasteiger partial charge is 0.326 e. The number of benzene rings is 3. The van der Waals surface area contributed by atoms with Crippen LogP contribution in [0.3, 0.4) is 0 Å². The zero-order chi connectivity index (χ0) is 17.5. The molecule has 0 aliphatic carbocycles. The summed E-state index contributed by atoms with van der Waals surface area (Å²) >= 11 is 1.69. The van der Waals surface area contributed by atoms with Gasteiger partial charge in [-0.05, 0) is 41.6 Å². The molecule has 1 amide bonds. The van der Waals surface area contributed by atoms with E-state index in [1.54, 1.807) is 11.8 Å². The first-order valence-corrected chi connectivity index (χ1v) is 9.52. The molecule has 0 atom stereocenters. The first-order chi connectivity index (χ1) is 12.3. The molecular formula is C22H21NOS. The Hall–Kier alpha value is -2.52. The first kappa shape index (κ1) is 17.3. The second-order valence-electron chi connectivity index (χ2n) is 5.85. The second-order valence-corrected chi connectivity index (χ2v) is 6.73. The van der Waals surface area contributed by atoms with Crippen molar-refractivity contribution >= 4 is 23.4 Å². The molecule has 0 saturated heterocycles. The minimum Gasteiger partial charge on any atom is -0.326 e. The van der Waals surface area contributed by atoms with Crippen LogP contribution in [0.1, 0.15) is 23.5 Å². The minimum absolute atomic E-state index is 0.0228. The number of rotatable bonds is 6. The van der Waals surface area contributed by atoms with Crippen molar-refractivity contribution < 1.29 is 4.79 Å². The highest BCUT2D eigenvalue weighted by Crippen LogP contribution is 2.28. The third-order valence-corrected chi connectivity index (χ3v) is 4.91. The molecule has 0 aromatic heterocycles. The lowest BCUT2D eigenvalue weighted by Crippen LogP contribution is -2.16. The van der Waals surface area contributed by atoms with Crippen molar-refractivity contribution in [2.75, 3.05) is 11.6 Å². The molecule has 0 fully saturated rings. The molecule has 25 heavy (non-hydrogen) atoms. The molecule has 2 nitrogen and oxygen atoms in total. The van der Waals surface area contributed by atoms with Crippen LogP contribution in [-0.4, -0.2) is 12.2 Å². The maximum Gasteiger partial charge on any atom is 0.225 e. The van der Waals surface area contributed by atoms with Crippen LogP contribution >= 0.6 is 11.8 Å². The van der Waals surface area contributed by atoms with E-state index in [1.807, 2.05) is 66.9 Å². The minimum atomic E-state index is 0.0228. The van der Waals surface area contributed by atoms with Gasteiger partial charge in [-0.3, -0.25) is 4.79 Å². The third kappa shape index (κ3) is 4.74. The van der Waals surface area contributed by atoms with E-state index in [-0.39, 0.29) is 11.8 Å². The molecule has 0 spiro atoms. The summed E-state index contributed by atoms with van der Waals surface area (Å²) in [6.07, 6.45) is 2.45. The van der Waals surface area contributed by atoms with Gasteiger partial charge in [0, 0.05) is 22.9 Å². The molecule has 126 valence electrons. The lowest BCUT2D eigenvalue weighted by Gasteiger charge is -2.18. The Morgan fingerprint density at radius 2 is 1.36 bits per heavy atom. The van der Waals surface area contributed by atoms with Crippen molar-refractivity contribution in [3.05, 3.63) is 96.1 Å². The van der Waals surface area contributed by atoms with Crippen molar-refractivity contribution in [1.29, 1.82) is 0 Å². The van der Waals surface area contributed by atoms with E-state index in [0.29, 0.717) is 6.42 Å². The predicted octanol–water partition coefficient (Wildman–Crippen LogP) is 5.57. The zero-order valence-corrected chi connectivity index (χ0v) is 15.0. The van der Waals surface area contributed by atoms with Crippen molar-refractivity contribution in [1.82, 2.24) is 0 Å². The van der Waals surface area contributed by atoms with Gasteiger partial charge in [0.25, 0.3) is 0 Å². The Morgan fingerprint density at radius 3 is 1.84 bits per heavy atom. The number of hydrogen-bond donors (Lipinski definition) is 1. The zero-order valence-electron chi connectivity index (χ0n) is 14.2.